The summed E-state index contributed by atoms with van der Waals surface area (Å²) < 4.78 is 5.59. The van der Waals surface area contributed by atoms with Crippen LogP contribution in [0.1, 0.15) is 32.1 Å². The van der Waals surface area contributed by atoms with E-state index in [4.69, 9.17) is 4.74 Å². The molecule has 1 atom stereocenters. The number of nitrogens with one attached hydrogen (secondary N) is 1. The summed E-state index contributed by atoms with van der Waals surface area (Å²) in [5.74, 6) is 0. The number of hydrogen-bond donors (Lipinski definition) is 1. The molecule has 0 amide bonds. The van der Waals surface area contributed by atoms with Gasteiger partial charge in [0.2, 0.25) is 0 Å². The summed E-state index contributed by atoms with van der Waals surface area (Å²) in [7, 11) is 1.79. The van der Waals surface area contributed by atoms with Crippen LogP contribution in [0.2, 0.25) is 0 Å². The van der Waals surface area contributed by atoms with Gasteiger partial charge in [-0.2, -0.15) is 0 Å². The van der Waals surface area contributed by atoms with Crippen LogP contribution in [0.25, 0.3) is 0 Å². The van der Waals surface area contributed by atoms with Crippen LogP contribution in [0.5, 0.6) is 0 Å². The average molecular weight is 241 g/mol. The zero-order chi connectivity index (χ0) is 12.0. The van der Waals surface area contributed by atoms with Gasteiger partial charge in [0.25, 0.3) is 0 Å². The Labute approximate surface area is 103 Å². The van der Waals surface area contributed by atoms with Crippen molar-refractivity contribution in [2.45, 2.75) is 45.3 Å². The van der Waals surface area contributed by atoms with Crippen molar-refractivity contribution in [3.05, 3.63) is 22.4 Å². The normalized spacial score (nSPS) is 14.0. The van der Waals surface area contributed by atoms with Crippen molar-refractivity contribution in [3.63, 3.8) is 0 Å². The molecule has 0 saturated carbocycles. The van der Waals surface area contributed by atoms with Gasteiger partial charge in [-0.15, -0.1) is 11.3 Å². The van der Waals surface area contributed by atoms with Gasteiger partial charge in [0, 0.05) is 18.0 Å². The number of rotatable bonds is 7. The maximum absolute atomic E-state index is 5.59. The van der Waals surface area contributed by atoms with E-state index in [2.05, 4.69) is 43.6 Å². The number of thiophene rings is 1. The molecule has 0 saturated heterocycles. The van der Waals surface area contributed by atoms with Crippen LogP contribution in [0.15, 0.2) is 17.5 Å². The van der Waals surface area contributed by atoms with E-state index in [0.717, 1.165) is 19.4 Å². The smallest absolute Gasteiger partial charge is 0.0778 e. The second-order valence-electron chi connectivity index (χ2n) is 4.60. The molecule has 0 bridgehead atoms. The maximum atomic E-state index is 5.59. The first kappa shape index (κ1) is 13.7. The topological polar surface area (TPSA) is 21.3 Å². The quantitative estimate of drug-likeness (QED) is 0.792. The average Bonchev–Trinajstić information content (AvgIpc) is 2.76. The predicted molar refractivity (Wildman–Crippen MR) is 71.2 cm³/mol. The van der Waals surface area contributed by atoms with Crippen LogP contribution in [-0.4, -0.2) is 25.3 Å². The van der Waals surface area contributed by atoms with Crippen LogP contribution in [0.3, 0.4) is 0 Å². The predicted octanol–water partition coefficient (Wildman–Crippen LogP) is 3.08. The van der Waals surface area contributed by atoms with E-state index in [1.54, 1.807) is 7.11 Å². The molecule has 1 N–H and O–H groups in total. The first-order valence-corrected chi connectivity index (χ1v) is 6.79. The second-order valence-corrected chi connectivity index (χ2v) is 5.63. The first-order chi connectivity index (χ1) is 7.60. The Hall–Kier alpha value is -0.380. The lowest BCUT2D eigenvalue weighted by Crippen LogP contribution is -2.49. The molecule has 1 aromatic heterocycles. The van der Waals surface area contributed by atoms with Crippen LogP contribution >= 0.6 is 11.3 Å². The largest absolute Gasteiger partial charge is 0.377 e. The van der Waals surface area contributed by atoms with Crippen LogP contribution in [0.4, 0.5) is 0 Å². The number of ether oxygens (including phenoxy) is 1. The summed E-state index contributed by atoms with van der Waals surface area (Å²) in [6.07, 6.45) is 2.19. The summed E-state index contributed by atoms with van der Waals surface area (Å²) in [6, 6.07) is 4.67. The molecule has 3 heteroatoms. The Kier molecular flexibility index (Phi) is 5.46. The van der Waals surface area contributed by atoms with Gasteiger partial charge in [-0.3, -0.25) is 0 Å². The molecule has 0 fully saturated rings. The van der Waals surface area contributed by atoms with E-state index >= 15 is 0 Å². The van der Waals surface area contributed by atoms with Crippen molar-refractivity contribution in [1.82, 2.24) is 5.32 Å². The van der Waals surface area contributed by atoms with Crippen molar-refractivity contribution < 1.29 is 4.74 Å². The third-order valence-electron chi connectivity index (χ3n) is 2.99. The van der Waals surface area contributed by atoms with Crippen molar-refractivity contribution in [2.24, 2.45) is 0 Å². The van der Waals surface area contributed by atoms with Gasteiger partial charge >= 0.3 is 0 Å². The fraction of sp³-hybridized carbons (Fsp3) is 0.692. The highest BCUT2D eigenvalue weighted by atomic mass is 32.1. The summed E-state index contributed by atoms with van der Waals surface area (Å²) >= 11 is 1.82. The third-order valence-corrected chi connectivity index (χ3v) is 3.89. The summed E-state index contributed by atoms with van der Waals surface area (Å²) in [6.45, 7) is 7.53. The molecular weight excluding hydrogens is 218 g/mol. The molecule has 0 aromatic carbocycles. The van der Waals surface area contributed by atoms with E-state index in [0.29, 0.717) is 6.04 Å². The Bertz CT molecular complexity index is 282. The van der Waals surface area contributed by atoms with E-state index in [1.807, 2.05) is 11.3 Å². The lowest BCUT2D eigenvalue weighted by atomic mass is 9.94. The molecule has 1 heterocycles. The van der Waals surface area contributed by atoms with Crippen LogP contribution < -0.4 is 5.32 Å². The van der Waals surface area contributed by atoms with Gasteiger partial charge in [-0.1, -0.05) is 13.0 Å². The molecule has 2 nitrogen and oxygen atoms in total. The Morgan fingerprint density at radius 2 is 2.25 bits per heavy atom. The summed E-state index contributed by atoms with van der Waals surface area (Å²) in [5.41, 5.74) is -0.126. The van der Waals surface area contributed by atoms with Crippen molar-refractivity contribution in [2.75, 3.05) is 13.7 Å². The van der Waals surface area contributed by atoms with Gasteiger partial charge in [0.05, 0.1) is 5.60 Å². The molecule has 1 aromatic rings. The summed E-state index contributed by atoms with van der Waals surface area (Å²) in [4.78, 5) is 1.42. The Morgan fingerprint density at radius 1 is 1.50 bits per heavy atom. The molecule has 0 aliphatic carbocycles. The molecule has 0 radical (unpaired) electrons. The molecule has 0 aliphatic heterocycles. The molecule has 92 valence electrons. The lowest BCUT2D eigenvalue weighted by molar-refractivity contribution is -0.00976. The minimum absolute atomic E-state index is 0.126. The molecule has 1 rings (SSSR count). The highest BCUT2D eigenvalue weighted by Crippen LogP contribution is 2.20. The van der Waals surface area contributed by atoms with Crippen molar-refractivity contribution >= 4 is 11.3 Å². The second kappa shape index (κ2) is 6.38. The standard InChI is InChI=1S/C13H23NOS/c1-5-8-14-12(13(2,3)15-4)10-11-7-6-9-16-11/h6-7,9,12,14H,5,8,10H2,1-4H3. The molecule has 16 heavy (non-hydrogen) atoms. The molecule has 1 unspecified atom stereocenters. The zero-order valence-electron chi connectivity index (χ0n) is 10.7. The van der Waals surface area contributed by atoms with Gasteiger partial charge in [-0.05, 0) is 44.7 Å². The van der Waals surface area contributed by atoms with Gasteiger partial charge in [0.15, 0.2) is 0 Å². The highest BCUT2D eigenvalue weighted by Gasteiger charge is 2.28. The SMILES string of the molecule is CCCNC(Cc1cccs1)C(C)(C)OC. The van der Waals surface area contributed by atoms with Gasteiger partial charge < -0.3 is 10.1 Å². The van der Waals surface area contributed by atoms with E-state index in [-0.39, 0.29) is 5.60 Å². The Morgan fingerprint density at radius 3 is 2.75 bits per heavy atom. The molecule has 0 spiro atoms. The van der Waals surface area contributed by atoms with Crippen molar-refractivity contribution in [3.8, 4) is 0 Å². The van der Waals surface area contributed by atoms with E-state index < -0.39 is 0 Å². The van der Waals surface area contributed by atoms with Gasteiger partial charge in [0.1, 0.15) is 0 Å². The van der Waals surface area contributed by atoms with Gasteiger partial charge in [-0.25, -0.2) is 0 Å². The number of hydrogen-bond acceptors (Lipinski definition) is 3. The zero-order valence-corrected chi connectivity index (χ0v) is 11.6. The van der Waals surface area contributed by atoms with E-state index in [1.165, 1.54) is 4.88 Å². The minimum Gasteiger partial charge on any atom is -0.377 e. The van der Waals surface area contributed by atoms with Crippen LogP contribution in [0, 0.1) is 0 Å². The lowest BCUT2D eigenvalue weighted by Gasteiger charge is -2.33. The van der Waals surface area contributed by atoms with Crippen molar-refractivity contribution in [1.29, 1.82) is 0 Å². The van der Waals surface area contributed by atoms with Crippen LogP contribution in [-0.2, 0) is 11.2 Å². The highest BCUT2D eigenvalue weighted by molar-refractivity contribution is 7.09. The first-order valence-electron chi connectivity index (χ1n) is 5.91. The maximum Gasteiger partial charge on any atom is 0.0778 e. The van der Waals surface area contributed by atoms with E-state index in [9.17, 15) is 0 Å². The minimum atomic E-state index is -0.126. The molecular formula is C13H23NOS. The molecule has 0 aliphatic rings. The fourth-order valence-corrected chi connectivity index (χ4v) is 2.41. The Balaban J connectivity index is 2.63. The third kappa shape index (κ3) is 3.89. The monoisotopic (exact) mass is 241 g/mol. The number of methoxy groups -OCH3 is 1. The fourth-order valence-electron chi connectivity index (χ4n) is 1.65. The summed E-state index contributed by atoms with van der Waals surface area (Å²) in [5, 5.41) is 5.71.